The van der Waals surface area contributed by atoms with Crippen LogP contribution in [0.3, 0.4) is 0 Å². The van der Waals surface area contributed by atoms with Gasteiger partial charge in [-0.25, -0.2) is 0 Å². The van der Waals surface area contributed by atoms with Gasteiger partial charge in [-0.1, -0.05) is 12.1 Å². The van der Waals surface area contributed by atoms with E-state index < -0.39 is 23.5 Å². The highest BCUT2D eigenvalue weighted by Gasteiger charge is 2.38. The van der Waals surface area contributed by atoms with Gasteiger partial charge in [0.2, 0.25) is 0 Å². The topological polar surface area (TPSA) is 31.4 Å². The monoisotopic (exact) mass is 530 g/mol. The number of benzene rings is 3. The van der Waals surface area contributed by atoms with Gasteiger partial charge >= 0.3 is 12.4 Å². The molecule has 4 aromatic rings. The number of alkyl halides is 6. The molecule has 38 heavy (non-hydrogen) atoms. The minimum atomic E-state index is -4.97. The van der Waals surface area contributed by atoms with Crippen molar-refractivity contribution in [2.75, 3.05) is 43.4 Å². The molecule has 0 saturated carbocycles. The molecule has 1 N–H and O–H groups in total. The quantitative estimate of drug-likeness (QED) is 0.278. The van der Waals surface area contributed by atoms with Gasteiger partial charge < -0.3 is 15.1 Å². The van der Waals surface area contributed by atoms with Gasteiger partial charge in [-0.15, -0.1) is 0 Å². The Morgan fingerprint density at radius 3 is 2.13 bits per heavy atom. The maximum absolute atomic E-state index is 13.8. The largest absolute Gasteiger partial charge is 0.417 e. The van der Waals surface area contributed by atoms with Crippen molar-refractivity contribution in [3.05, 3.63) is 84.1 Å². The van der Waals surface area contributed by atoms with Crippen LogP contribution in [0.4, 0.5) is 43.4 Å². The molecule has 0 unspecified atom stereocenters. The third kappa shape index (κ3) is 5.40. The zero-order valence-electron chi connectivity index (χ0n) is 20.4. The summed E-state index contributed by atoms with van der Waals surface area (Å²) in [6.45, 7) is 3.84. The maximum Gasteiger partial charge on any atom is 0.417 e. The molecular weight excluding hydrogens is 506 g/mol. The van der Waals surface area contributed by atoms with Crippen LogP contribution < -0.4 is 10.2 Å². The van der Waals surface area contributed by atoms with Crippen molar-refractivity contribution in [3.63, 3.8) is 0 Å². The van der Waals surface area contributed by atoms with Crippen molar-refractivity contribution < 1.29 is 26.3 Å². The molecule has 1 fully saturated rings. The average molecular weight is 531 g/mol. The SMILES string of the molecule is CN1CCN(c2ccc(Nc3ccnc4ccc(-c5ccc(C(F)(F)F)cc5C(F)(F)F)cc34)cc2)CC1. The van der Waals surface area contributed by atoms with Gasteiger partial charge in [-0.05, 0) is 72.8 Å². The van der Waals surface area contributed by atoms with E-state index in [1.54, 1.807) is 18.3 Å². The van der Waals surface area contributed by atoms with Crippen molar-refractivity contribution >= 4 is 28.0 Å². The molecule has 0 atom stereocenters. The van der Waals surface area contributed by atoms with E-state index in [2.05, 4.69) is 27.1 Å². The van der Waals surface area contributed by atoms with Crippen LogP contribution in [0.1, 0.15) is 11.1 Å². The van der Waals surface area contributed by atoms with E-state index in [1.165, 1.54) is 12.1 Å². The number of hydrogen-bond donors (Lipinski definition) is 1. The second-order valence-corrected chi connectivity index (χ2v) is 9.31. The highest BCUT2D eigenvalue weighted by Crippen LogP contribution is 2.42. The fourth-order valence-corrected chi connectivity index (χ4v) is 4.61. The van der Waals surface area contributed by atoms with E-state index >= 15 is 0 Å². The number of nitrogens with zero attached hydrogens (tertiary/aromatic N) is 3. The summed E-state index contributed by atoms with van der Waals surface area (Å²) in [5, 5.41) is 3.84. The Kier molecular flexibility index (Phi) is 6.68. The summed E-state index contributed by atoms with van der Waals surface area (Å²) in [6.07, 6.45) is -8.27. The lowest BCUT2D eigenvalue weighted by Crippen LogP contribution is -2.44. The molecule has 198 valence electrons. The number of fused-ring (bicyclic) bond motifs is 1. The molecule has 0 bridgehead atoms. The molecule has 2 heterocycles. The first kappa shape index (κ1) is 25.8. The lowest BCUT2D eigenvalue weighted by molar-refractivity contribution is -0.142. The minimum Gasteiger partial charge on any atom is -0.369 e. The van der Waals surface area contributed by atoms with Gasteiger partial charge in [-0.2, -0.15) is 26.3 Å². The highest BCUT2D eigenvalue weighted by molar-refractivity contribution is 5.96. The smallest absolute Gasteiger partial charge is 0.369 e. The Balaban J connectivity index is 1.48. The van der Waals surface area contributed by atoms with E-state index in [1.807, 2.05) is 24.3 Å². The van der Waals surface area contributed by atoms with Gasteiger partial charge in [0.1, 0.15) is 0 Å². The molecule has 0 radical (unpaired) electrons. The Labute approximate surface area is 215 Å². The zero-order chi connectivity index (χ0) is 27.1. The molecule has 1 aliphatic heterocycles. The van der Waals surface area contributed by atoms with E-state index in [0.29, 0.717) is 22.7 Å². The number of rotatable bonds is 4. The first-order chi connectivity index (χ1) is 18.0. The maximum atomic E-state index is 13.8. The second-order valence-electron chi connectivity index (χ2n) is 9.31. The fourth-order valence-electron chi connectivity index (χ4n) is 4.61. The van der Waals surface area contributed by atoms with Crippen molar-refractivity contribution in [2.24, 2.45) is 0 Å². The van der Waals surface area contributed by atoms with Gasteiger partial charge in [0, 0.05) is 54.8 Å². The molecule has 0 aliphatic carbocycles. The Hall–Kier alpha value is -3.79. The molecule has 1 aliphatic rings. The van der Waals surface area contributed by atoms with Crippen molar-refractivity contribution in [3.8, 4) is 11.1 Å². The number of piperazine rings is 1. The molecule has 1 saturated heterocycles. The Bertz CT molecular complexity index is 1440. The summed E-state index contributed by atoms with van der Waals surface area (Å²) in [6, 6.07) is 15.8. The van der Waals surface area contributed by atoms with Crippen LogP contribution in [0.25, 0.3) is 22.0 Å². The van der Waals surface area contributed by atoms with Gasteiger partial charge in [0.15, 0.2) is 0 Å². The standard InChI is InChI=1S/C28H24F6N4/c1-37-12-14-38(15-13-37)21-6-4-20(5-7-21)36-26-10-11-35-25-9-2-18(16-23(25)26)22-8-3-19(27(29,30)31)17-24(22)28(32,33)34/h2-11,16-17H,12-15H2,1H3,(H,35,36). The second kappa shape index (κ2) is 9.83. The van der Waals surface area contributed by atoms with Crippen LogP contribution in [0.2, 0.25) is 0 Å². The van der Waals surface area contributed by atoms with Crippen molar-refractivity contribution in [1.29, 1.82) is 0 Å². The van der Waals surface area contributed by atoms with Crippen LogP contribution in [0.15, 0.2) is 72.9 Å². The van der Waals surface area contributed by atoms with Crippen LogP contribution >= 0.6 is 0 Å². The van der Waals surface area contributed by atoms with Crippen LogP contribution in [-0.4, -0.2) is 43.1 Å². The number of halogens is 6. The lowest BCUT2D eigenvalue weighted by Gasteiger charge is -2.34. The first-order valence-electron chi connectivity index (χ1n) is 12.0. The van der Waals surface area contributed by atoms with Gasteiger partial charge in [-0.3, -0.25) is 4.98 Å². The summed E-state index contributed by atoms with van der Waals surface area (Å²) >= 11 is 0. The molecule has 0 amide bonds. The fraction of sp³-hybridized carbons (Fsp3) is 0.250. The number of likely N-dealkylation sites (N-methyl/N-ethyl adjacent to an activating group) is 1. The summed E-state index contributed by atoms with van der Waals surface area (Å²) in [7, 11) is 2.09. The van der Waals surface area contributed by atoms with Crippen LogP contribution in [-0.2, 0) is 12.4 Å². The summed E-state index contributed by atoms with van der Waals surface area (Å²) in [5.74, 6) is 0. The number of aromatic nitrogens is 1. The Morgan fingerprint density at radius 1 is 0.763 bits per heavy atom. The van der Waals surface area contributed by atoms with Crippen LogP contribution in [0, 0.1) is 0 Å². The predicted molar refractivity (Wildman–Crippen MR) is 137 cm³/mol. The summed E-state index contributed by atoms with van der Waals surface area (Å²) in [4.78, 5) is 8.88. The normalized spacial score (nSPS) is 15.2. The van der Waals surface area contributed by atoms with Crippen molar-refractivity contribution in [1.82, 2.24) is 9.88 Å². The molecule has 3 aromatic carbocycles. The average Bonchev–Trinajstić information content (AvgIpc) is 2.88. The zero-order valence-corrected chi connectivity index (χ0v) is 20.4. The van der Waals surface area contributed by atoms with Gasteiger partial charge in [0.05, 0.1) is 16.6 Å². The highest BCUT2D eigenvalue weighted by atomic mass is 19.4. The van der Waals surface area contributed by atoms with Crippen LogP contribution in [0.5, 0.6) is 0 Å². The molecule has 10 heteroatoms. The number of hydrogen-bond acceptors (Lipinski definition) is 4. The van der Waals surface area contributed by atoms with E-state index in [-0.39, 0.29) is 17.2 Å². The summed E-state index contributed by atoms with van der Waals surface area (Å²) in [5.41, 5.74) is 0.151. The predicted octanol–water partition coefficient (Wildman–Crippen LogP) is 7.43. The third-order valence-electron chi connectivity index (χ3n) is 6.72. The molecule has 0 spiro atoms. The van der Waals surface area contributed by atoms with E-state index in [0.717, 1.165) is 43.6 Å². The third-order valence-corrected chi connectivity index (χ3v) is 6.72. The first-order valence-corrected chi connectivity index (χ1v) is 12.0. The molecule has 4 nitrogen and oxygen atoms in total. The lowest BCUT2D eigenvalue weighted by atomic mass is 9.95. The summed E-state index contributed by atoms with van der Waals surface area (Å²) < 4.78 is 80.7. The minimum absolute atomic E-state index is 0.139. The van der Waals surface area contributed by atoms with Gasteiger partial charge in [0.25, 0.3) is 0 Å². The molecule has 5 rings (SSSR count). The number of nitrogens with one attached hydrogen (secondary N) is 1. The van der Waals surface area contributed by atoms with E-state index in [9.17, 15) is 26.3 Å². The molecular formula is C28H24F6N4. The molecule has 1 aromatic heterocycles. The Morgan fingerprint density at radius 2 is 1.47 bits per heavy atom. The number of anilines is 3. The van der Waals surface area contributed by atoms with Crippen molar-refractivity contribution in [2.45, 2.75) is 12.4 Å². The number of pyridine rings is 1. The van der Waals surface area contributed by atoms with E-state index in [4.69, 9.17) is 0 Å².